The lowest BCUT2D eigenvalue weighted by Crippen LogP contribution is -2.30. The lowest BCUT2D eigenvalue weighted by Gasteiger charge is -2.12. The van der Waals surface area contributed by atoms with Crippen molar-refractivity contribution in [2.24, 2.45) is 5.41 Å². The molecule has 0 aromatic heterocycles. The molecule has 2 nitrogen and oxygen atoms in total. The van der Waals surface area contributed by atoms with Crippen LogP contribution in [0.1, 0.15) is 28.8 Å². The zero-order chi connectivity index (χ0) is 12.5. The fourth-order valence-corrected chi connectivity index (χ4v) is 2.45. The Balaban J connectivity index is 1.97. The summed E-state index contributed by atoms with van der Waals surface area (Å²) < 4.78 is 13.1. The molecule has 92 valence electrons. The van der Waals surface area contributed by atoms with Gasteiger partial charge in [0.1, 0.15) is 5.82 Å². The largest absolute Gasteiger partial charge is 0.351 e. The molecule has 1 saturated carbocycles. The van der Waals surface area contributed by atoms with E-state index in [1.807, 2.05) is 0 Å². The fourth-order valence-electron chi connectivity index (χ4n) is 1.69. The Morgan fingerprint density at radius 2 is 2.24 bits per heavy atom. The van der Waals surface area contributed by atoms with Crippen LogP contribution in [0.2, 0.25) is 0 Å². The molecule has 4 heteroatoms. The summed E-state index contributed by atoms with van der Waals surface area (Å²) in [5.41, 5.74) is 1.28. The second-order valence-corrected chi connectivity index (χ2v) is 5.34. The van der Waals surface area contributed by atoms with Gasteiger partial charge in [0.05, 0.1) is 0 Å². The zero-order valence-electron chi connectivity index (χ0n) is 9.72. The van der Waals surface area contributed by atoms with Crippen molar-refractivity contribution < 1.29 is 9.18 Å². The van der Waals surface area contributed by atoms with Crippen LogP contribution < -0.4 is 5.32 Å². The minimum Gasteiger partial charge on any atom is -0.351 e. The van der Waals surface area contributed by atoms with Crippen LogP contribution in [0.15, 0.2) is 18.2 Å². The van der Waals surface area contributed by atoms with Crippen LogP contribution in [-0.2, 0) is 0 Å². The van der Waals surface area contributed by atoms with Gasteiger partial charge in [0.25, 0.3) is 5.91 Å². The van der Waals surface area contributed by atoms with Crippen molar-refractivity contribution in [3.8, 4) is 0 Å². The maximum atomic E-state index is 13.1. The third-order valence-corrected chi connectivity index (χ3v) is 4.47. The van der Waals surface area contributed by atoms with Crippen molar-refractivity contribution in [3.05, 3.63) is 35.1 Å². The van der Waals surface area contributed by atoms with Crippen LogP contribution in [-0.4, -0.2) is 17.8 Å². The van der Waals surface area contributed by atoms with Crippen LogP contribution in [0.4, 0.5) is 4.39 Å². The summed E-state index contributed by atoms with van der Waals surface area (Å²) in [5, 5.41) is 3.83. The van der Waals surface area contributed by atoms with E-state index in [2.05, 4.69) is 21.2 Å². The minimum atomic E-state index is -0.277. The number of nitrogens with one attached hydrogen (secondary N) is 1. The topological polar surface area (TPSA) is 29.1 Å². The van der Waals surface area contributed by atoms with Gasteiger partial charge in [0.2, 0.25) is 0 Å². The van der Waals surface area contributed by atoms with Gasteiger partial charge in [-0.25, -0.2) is 4.39 Å². The van der Waals surface area contributed by atoms with E-state index in [0.29, 0.717) is 17.7 Å². The second-order valence-electron chi connectivity index (χ2n) is 4.78. The third kappa shape index (κ3) is 2.86. The SMILES string of the molecule is Cc1cc(C(=O)NCC2(CBr)CC2)ccc1F. The summed E-state index contributed by atoms with van der Waals surface area (Å²) in [7, 11) is 0. The Morgan fingerprint density at radius 3 is 2.76 bits per heavy atom. The van der Waals surface area contributed by atoms with Crippen molar-refractivity contribution >= 4 is 21.8 Å². The van der Waals surface area contributed by atoms with Crippen molar-refractivity contribution in [1.29, 1.82) is 0 Å². The molecule has 0 radical (unpaired) electrons. The summed E-state index contributed by atoms with van der Waals surface area (Å²) in [6.45, 7) is 2.35. The normalized spacial score (nSPS) is 16.6. The van der Waals surface area contributed by atoms with E-state index in [9.17, 15) is 9.18 Å². The van der Waals surface area contributed by atoms with Gasteiger partial charge in [-0.15, -0.1) is 0 Å². The predicted octanol–water partition coefficient (Wildman–Crippen LogP) is 3.04. The number of rotatable bonds is 4. The van der Waals surface area contributed by atoms with E-state index in [0.717, 1.165) is 18.2 Å². The first-order valence-electron chi connectivity index (χ1n) is 5.67. The summed E-state index contributed by atoms with van der Waals surface area (Å²) in [6.07, 6.45) is 2.31. The average molecular weight is 300 g/mol. The summed E-state index contributed by atoms with van der Waals surface area (Å²) >= 11 is 3.46. The van der Waals surface area contributed by atoms with Crippen molar-refractivity contribution in [1.82, 2.24) is 5.32 Å². The first-order chi connectivity index (χ1) is 8.06. The molecule has 1 fully saturated rings. The van der Waals surface area contributed by atoms with Crippen LogP contribution in [0, 0.1) is 18.2 Å². The first-order valence-corrected chi connectivity index (χ1v) is 6.79. The molecular formula is C13H15BrFNO. The molecule has 0 unspecified atom stereocenters. The molecule has 1 aromatic rings. The minimum absolute atomic E-state index is 0.125. The van der Waals surface area contributed by atoms with Crippen molar-refractivity contribution in [3.63, 3.8) is 0 Å². The quantitative estimate of drug-likeness (QED) is 0.851. The number of aryl methyl sites for hydroxylation is 1. The van der Waals surface area contributed by atoms with E-state index >= 15 is 0 Å². The molecule has 17 heavy (non-hydrogen) atoms. The predicted molar refractivity (Wildman–Crippen MR) is 68.9 cm³/mol. The molecule has 0 spiro atoms. The zero-order valence-corrected chi connectivity index (χ0v) is 11.3. The third-order valence-electron chi connectivity index (χ3n) is 3.28. The Labute approximate surface area is 109 Å². The molecule has 2 rings (SSSR count). The van der Waals surface area contributed by atoms with Gasteiger partial charge in [-0.1, -0.05) is 15.9 Å². The van der Waals surface area contributed by atoms with Crippen molar-refractivity contribution in [2.45, 2.75) is 19.8 Å². The lowest BCUT2D eigenvalue weighted by atomic mass is 10.1. The smallest absolute Gasteiger partial charge is 0.251 e. The molecule has 1 aliphatic rings. The highest BCUT2D eigenvalue weighted by Gasteiger charge is 2.41. The molecule has 1 N–H and O–H groups in total. The molecule has 0 bridgehead atoms. The van der Waals surface area contributed by atoms with Crippen LogP contribution in [0.3, 0.4) is 0 Å². The second kappa shape index (κ2) is 4.77. The van der Waals surface area contributed by atoms with Gasteiger partial charge in [-0.3, -0.25) is 4.79 Å². The van der Waals surface area contributed by atoms with Gasteiger partial charge >= 0.3 is 0 Å². The number of halogens is 2. The maximum Gasteiger partial charge on any atom is 0.251 e. The number of benzene rings is 1. The molecule has 0 aliphatic heterocycles. The summed E-state index contributed by atoms with van der Waals surface area (Å²) in [6, 6.07) is 4.44. The van der Waals surface area contributed by atoms with E-state index in [4.69, 9.17) is 0 Å². The monoisotopic (exact) mass is 299 g/mol. The van der Waals surface area contributed by atoms with Gasteiger partial charge in [-0.2, -0.15) is 0 Å². The van der Waals surface area contributed by atoms with Crippen LogP contribution in [0.25, 0.3) is 0 Å². The highest BCUT2D eigenvalue weighted by Crippen LogP contribution is 2.46. The molecule has 0 saturated heterocycles. The summed E-state index contributed by atoms with van der Waals surface area (Å²) in [4.78, 5) is 11.8. The number of carbonyl (C=O) groups excluding carboxylic acids is 1. The van der Waals surface area contributed by atoms with Gasteiger partial charge in [0.15, 0.2) is 0 Å². The van der Waals surface area contributed by atoms with Crippen LogP contribution >= 0.6 is 15.9 Å². The first kappa shape index (κ1) is 12.6. The van der Waals surface area contributed by atoms with Gasteiger partial charge in [-0.05, 0) is 48.9 Å². The molecular weight excluding hydrogens is 285 g/mol. The molecule has 0 heterocycles. The Kier molecular flexibility index (Phi) is 3.52. The Hall–Kier alpha value is -0.900. The molecule has 1 aromatic carbocycles. The van der Waals surface area contributed by atoms with E-state index in [-0.39, 0.29) is 17.1 Å². The van der Waals surface area contributed by atoms with E-state index in [1.54, 1.807) is 13.0 Å². The number of hydrogen-bond donors (Lipinski definition) is 1. The highest BCUT2D eigenvalue weighted by molar-refractivity contribution is 9.09. The Bertz CT molecular complexity index is 443. The lowest BCUT2D eigenvalue weighted by molar-refractivity contribution is 0.0946. The standard InChI is InChI=1S/C13H15BrFNO/c1-9-6-10(2-3-11(9)15)12(17)16-8-13(7-14)4-5-13/h2-3,6H,4-5,7-8H2,1H3,(H,16,17). The number of carbonyl (C=O) groups is 1. The summed E-state index contributed by atoms with van der Waals surface area (Å²) in [5.74, 6) is -0.402. The van der Waals surface area contributed by atoms with E-state index < -0.39 is 0 Å². The van der Waals surface area contributed by atoms with Gasteiger partial charge in [0, 0.05) is 17.4 Å². The maximum absolute atomic E-state index is 13.1. The van der Waals surface area contributed by atoms with E-state index in [1.165, 1.54) is 12.1 Å². The average Bonchev–Trinajstić information content (AvgIpc) is 3.10. The fraction of sp³-hybridized carbons (Fsp3) is 0.462. The number of amides is 1. The molecule has 1 aliphatic carbocycles. The number of hydrogen-bond acceptors (Lipinski definition) is 1. The molecule has 0 atom stereocenters. The number of alkyl halides is 1. The van der Waals surface area contributed by atoms with Crippen LogP contribution in [0.5, 0.6) is 0 Å². The highest BCUT2D eigenvalue weighted by atomic mass is 79.9. The van der Waals surface area contributed by atoms with Gasteiger partial charge < -0.3 is 5.32 Å². The molecule has 1 amide bonds. The Morgan fingerprint density at radius 1 is 1.53 bits per heavy atom. The van der Waals surface area contributed by atoms with Crippen molar-refractivity contribution in [2.75, 3.05) is 11.9 Å².